The highest BCUT2D eigenvalue weighted by atomic mass is 28.4. The smallest absolute Gasteiger partial charge is 0.400 e. The van der Waals surface area contributed by atoms with E-state index in [-0.39, 0.29) is 0 Å². The van der Waals surface area contributed by atoms with Crippen LogP contribution in [-0.2, 0) is 17.4 Å². The van der Waals surface area contributed by atoms with Crippen LogP contribution in [0.15, 0.2) is 0 Å². The van der Waals surface area contributed by atoms with Gasteiger partial charge >= 0.3 is 9.05 Å². The average molecular weight is 251 g/mol. The molecule has 0 heterocycles. The molecule has 0 aromatic heterocycles. The Labute approximate surface area is 97.3 Å². The Bertz CT molecular complexity index is 124. The van der Waals surface area contributed by atoms with Gasteiger partial charge in [0.25, 0.3) is 0 Å². The standard InChI is InChI=1S/C9H23O4Si2/c1-4-7-10-15(13-14,11-8-5-2)12-9-6-3/h4-9,14H2,1-3H3. The number of hydrogen-bond donors (Lipinski definition) is 0. The van der Waals surface area contributed by atoms with Crippen molar-refractivity contribution in [3.05, 3.63) is 0 Å². The van der Waals surface area contributed by atoms with Gasteiger partial charge in [0, 0.05) is 19.8 Å². The summed E-state index contributed by atoms with van der Waals surface area (Å²) in [6.45, 7) is 8.03. The molecule has 15 heavy (non-hydrogen) atoms. The van der Waals surface area contributed by atoms with Gasteiger partial charge in [0.05, 0.1) is 0 Å². The Balaban J connectivity index is 4.16. The monoisotopic (exact) mass is 251 g/mol. The fraction of sp³-hybridized carbons (Fsp3) is 1.00. The van der Waals surface area contributed by atoms with Crippen LogP contribution in [0.3, 0.4) is 0 Å². The highest BCUT2D eigenvalue weighted by Crippen LogP contribution is 2.12. The van der Waals surface area contributed by atoms with Crippen molar-refractivity contribution in [2.75, 3.05) is 19.8 Å². The quantitative estimate of drug-likeness (QED) is 0.548. The van der Waals surface area contributed by atoms with E-state index in [1.165, 1.54) is 10.5 Å². The van der Waals surface area contributed by atoms with E-state index in [4.69, 9.17) is 17.4 Å². The first-order valence-electron chi connectivity index (χ1n) is 5.59. The third-order valence-corrected chi connectivity index (χ3v) is 4.71. The molecule has 0 aliphatic rings. The van der Waals surface area contributed by atoms with Gasteiger partial charge in [-0.15, -0.1) is 0 Å². The molecule has 0 saturated heterocycles. The molecule has 0 aromatic rings. The van der Waals surface area contributed by atoms with E-state index >= 15 is 0 Å². The van der Waals surface area contributed by atoms with Gasteiger partial charge in [0.15, 0.2) is 10.5 Å². The summed E-state index contributed by atoms with van der Waals surface area (Å²) >= 11 is 0. The van der Waals surface area contributed by atoms with E-state index in [1.54, 1.807) is 0 Å². The molecule has 6 heteroatoms. The predicted molar refractivity (Wildman–Crippen MR) is 64.1 cm³/mol. The molecular weight excluding hydrogens is 228 g/mol. The molecule has 0 N–H and O–H groups in total. The van der Waals surface area contributed by atoms with Crippen molar-refractivity contribution in [3.63, 3.8) is 0 Å². The Morgan fingerprint density at radius 2 is 1.13 bits per heavy atom. The van der Waals surface area contributed by atoms with E-state index in [0.29, 0.717) is 19.8 Å². The molecule has 0 aromatic carbocycles. The topological polar surface area (TPSA) is 36.9 Å². The zero-order chi connectivity index (χ0) is 11.6. The Morgan fingerprint density at radius 1 is 0.800 bits per heavy atom. The van der Waals surface area contributed by atoms with Crippen LogP contribution in [0.25, 0.3) is 0 Å². The molecule has 0 aliphatic heterocycles. The van der Waals surface area contributed by atoms with Gasteiger partial charge in [-0.25, -0.2) is 0 Å². The third kappa shape index (κ3) is 6.44. The summed E-state index contributed by atoms with van der Waals surface area (Å²) in [5, 5.41) is 0. The first kappa shape index (κ1) is 15.3. The summed E-state index contributed by atoms with van der Waals surface area (Å²) in [5.41, 5.74) is 0. The van der Waals surface area contributed by atoms with Crippen LogP contribution in [0.2, 0.25) is 0 Å². The summed E-state index contributed by atoms with van der Waals surface area (Å²) in [6, 6.07) is 0. The van der Waals surface area contributed by atoms with Crippen molar-refractivity contribution >= 4 is 19.5 Å². The highest BCUT2D eigenvalue weighted by molar-refractivity contribution is 6.57. The molecule has 0 amide bonds. The normalized spacial score (nSPS) is 12.0. The van der Waals surface area contributed by atoms with Crippen molar-refractivity contribution < 1.29 is 17.4 Å². The summed E-state index contributed by atoms with van der Waals surface area (Å²) < 4.78 is 22.2. The maximum atomic E-state index is 5.61. The average Bonchev–Trinajstić information content (AvgIpc) is 2.29. The van der Waals surface area contributed by atoms with Gasteiger partial charge in [0.2, 0.25) is 0 Å². The van der Waals surface area contributed by atoms with Crippen LogP contribution in [0.4, 0.5) is 0 Å². The van der Waals surface area contributed by atoms with Crippen LogP contribution in [0, 0.1) is 0 Å². The molecule has 0 unspecified atom stereocenters. The molecule has 0 bridgehead atoms. The minimum absolute atomic E-state index is 0.623. The second-order valence-electron chi connectivity index (χ2n) is 3.19. The van der Waals surface area contributed by atoms with Gasteiger partial charge in [-0.05, 0) is 19.3 Å². The van der Waals surface area contributed by atoms with E-state index in [9.17, 15) is 0 Å². The van der Waals surface area contributed by atoms with Crippen LogP contribution < -0.4 is 0 Å². The molecule has 1 radical (unpaired) electrons. The lowest BCUT2D eigenvalue weighted by Gasteiger charge is -2.26. The molecule has 91 valence electrons. The summed E-state index contributed by atoms with van der Waals surface area (Å²) in [4.78, 5) is 0. The first-order valence-corrected chi connectivity index (χ1v) is 7.80. The maximum absolute atomic E-state index is 5.61. The molecular formula is C9H23O4Si2. The molecule has 0 atom stereocenters. The maximum Gasteiger partial charge on any atom is 0.668 e. The van der Waals surface area contributed by atoms with Crippen LogP contribution in [-0.4, -0.2) is 39.4 Å². The van der Waals surface area contributed by atoms with Crippen molar-refractivity contribution in [3.8, 4) is 0 Å². The van der Waals surface area contributed by atoms with Gasteiger partial charge in [0.1, 0.15) is 0 Å². The zero-order valence-electron chi connectivity index (χ0n) is 10.1. The molecule has 0 spiro atoms. The third-order valence-electron chi connectivity index (χ3n) is 1.63. The van der Waals surface area contributed by atoms with Crippen molar-refractivity contribution in [1.82, 2.24) is 0 Å². The molecule has 0 rings (SSSR count). The van der Waals surface area contributed by atoms with Gasteiger partial charge < -0.3 is 17.4 Å². The van der Waals surface area contributed by atoms with E-state index in [1.807, 2.05) is 0 Å². The lowest BCUT2D eigenvalue weighted by atomic mass is 10.5. The van der Waals surface area contributed by atoms with Gasteiger partial charge in [-0.1, -0.05) is 20.8 Å². The Morgan fingerprint density at radius 3 is 1.33 bits per heavy atom. The second-order valence-corrected chi connectivity index (χ2v) is 6.21. The fourth-order valence-corrected chi connectivity index (χ4v) is 3.54. The molecule has 0 fully saturated rings. The van der Waals surface area contributed by atoms with E-state index < -0.39 is 9.05 Å². The zero-order valence-corrected chi connectivity index (χ0v) is 12.5. The largest absolute Gasteiger partial charge is 0.668 e. The van der Waals surface area contributed by atoms with Gasteiger partial charge in [-0.2, -0.15) is 0 Å². The van der Waals surface area contributed by atoms with E-state index in [2.05, 4.69) is 20.8 Å². The molecule has 4 nitrogen and oxygen atoms in total. The van der Waals surface area contributed by atoms with Crippen LogP contribution in [0.1, 0.15) is 40.0 Å². The van der Waals surface area contributed by atoms with Crippen molar-refractivity contribution in [1.29, 1.82) is 0 Å². The van der Waals surface area contributed by atoms with Crippen LogP contribution in [0.5, 0.6) is 0 Å². The van der Waals surface area contributed by atoms with Crippen molar-refractivity contribution in [2.24, 2.45) is 0 Å². The minimum Gasteiger partial charge on any atom is -0.400 e. The highest BCUT2D eigenvalue weighted by Gasteiger charge is 2.43. The second kappa shape index (κ2) is 9.50. The summed E-state index contributed by atoms with van der Waals surface area (Å²) in [7, 11) is -1.43. The van der Waals surface area contributed by atoms with Crippen LogP contribution >= 0.6 is 0 Å². The fourth-order valence-electron chi connectivity index (χ4n) is 0.931. The molecule has 0 saturated carbocycles. The Hall–Kier alpha value is 0.274. The first-order chi connectivity index (χ1) is 7.24. The Kier molecular flexibility index (Phi) is 9.67. The summed E-state index contributed by atoms with van der Waals surface area (Å²) in [5.74, 6) is 0. The predicted octanol–water partition coefficient (Wildman–Crippen LogP) is 1.27. The SMILES string of the molecule is CCCO[Si](O[SiH2])(OCCC)OCCC. The number of hydrogen-bond acceptors (Lipinski definition) is 4. The van der Waals surface area contributed by atoms with E-state index in [0.717, 1.165) is 19.3 Å². The lowest BCUT2D eigenvalue weighted by molar-refractivity contribution is 0.00271. The number of rotatable bonds is 10. The lowest BCUT2D eigenvalue weighted by Crippen LogP contribution is -2.49. The summed E-state index contributed by atoms with van der Waals surface area (Å²) in [6.07, 6.45) is 2.81. The van der Waals surface area contributed by atoms with Crippen molar-refractivity contribution in [2.45, 2.75) is 40.0 Å². The molecule has 0 aliphatic carbocycles. The minimum atomic E-state index is -2.82. The van der Waals surface area contributed by atoms with Gasteiger partial charge in [-0.3, -0.25) is 0 Å².